The van der Waals surface area contributed by atoms with E-state index in [4.69, 9.17) is 4.42 Å². The molecule has 10 rings (SSSR count). The van der Waals surface area contributed by atoms with Gasteiger partial charge in [0.2, 0.25) is 0 Å². The maximum atomic E-state index is 6.65. The number of para-hydroxylation sites is 3. The van der Waals surface area contributed by atoms with Crippen molar-refractivity contribution in [1.29, 1.82) is 0 Å². The standard InChI is InChI=1S/C46H29NOS/c1-2-13-34-30(11-1)12-9-17-35(34)31-23-26-33(27-24-31)47(42-20-10-18-39-37-15-4-7-21-43(37)48-46(39)42)41-19-6-3-14-36(41)32-25-28-45-40(29-32)38-16-5-8-22-44(38)49-45/h1-29H. The van der Waals surface area contributed by atoms with Crippen LogP contribution in [-0.2, 0) is 0 Å². The molecule has 0 saturated heterocycles. The van der Waals surface area contributed by atoms with E-state index in [2.05, 4.69) is 175 Å². The van der Waals surface area contributed by atoms with E-state index >= 15 is 0 Å². The first-order valence-electron chi connectivity index (χ1n) is 16.6. The van der Waals surface area contributed by atoms with Gasteiger partial charge in [-0.2, -0.15) is 0 Å². The number of hydrogen-bond donors (Lipinski definition) is 0. The van der Waals surface area contributed by atoms with E-state index in [-0.39, 0.29) is 0 Å². The Balaban J connectivity index is 1.19. The van der Waals surface area contributed by atoms with Crippen LogP contribution in [-0.4, -0.2) is 0 Å². The molecule has 0 aliphatic carbocycles. The third kappa shape index (κ3) is 4.55. The smallest absolute Gasteiger partial charge is 0.159 e. The molecule has 49 heavy (non-hydrogen) atoms. The molecule has 0 atom stereocenters. The quantitative estimate of drug-likeness (QED) is 0.186. The van der Waals surface area contributed by atoms with Gasteiger partial charge in [0, 0.05) is 42.2 Å². The molecule has 230 valence electrons. The molecule has 2 heterocycles. The average Bonchev–Trinajstić information content (AvgIpc) is 3.74. The van der Waals surface area contributed by atoms with Crippen molar-refractivity contribution in [3.8, 4) is 22.3 Å². The number of fused-ring (bicyclic) bond motifs is 7. The molecule has 10 aromatic rings. The van der Waals surface area contributed by atoms with Gasteiger partial charge in [-0.1, -0.05) is 127 Å². The monoisotopic (exact) mass is 643 g/mol. The summed E-state index contributed by atoms with van der Waals surface area (Å²) >= 11 is 1.85. The fourth-order valence-corrected chi connectivity index (χ4v) is 8.48. The first-order valence-corrected chi connectivity index (χ1v) is 17.4. The molecule has 8 aromatic carbocycles. The van der Waals surface area contributed by atoms with Crippen molar-refractivity contribution < 1.29 is 4.42 Å². The molecule has 0 saturated carbocycles. The SMILES string of the molecule is c1ccc(N(c2ccc(-c3cccc4ccccc34)cc2)c2cccc3c2oc2ccccc23)c(-c2ccc3sc4ccccc4c3c2)c1. The zero-order chi connectivity index (χ0) is 32.3. The van der Waals surface area contributed by atoms with Gasteiger partial charge in [-0.15, -0.1) is 11.3 Å². The molecule has 0 aliphatic heterocycles. The fraction of sp³-hybridized carbons (Fsp3) is 0. The molecular weight excluding hydrogens is 615 g/mol. The molecule has 0 bridgehead atoms. The second-order valence-corrected chi connectivity index (χ2v) is 13.6. The highest BCUT2D eigenvalue weighted by Crippen LogP contribution is 2.46. The normalized spacial score (nSPS) is 11.7. The molecule has 0 aliphatic rings. The maximum absolute atomic E-state index is 6.65. The molecule has 2 aromatic heterocycles. The van der Waals surface area contributed by atoms with Crippen LogP contribution in [0.4, 0.5) is 17.1 Å². The third-order valence-corrected chi connectivity index (χ3v) is 10.8. The number of benzene rings is 8. The van der Waals surface area contributed by atoms with Crippen LogP contribution in [0, 0.1) is 0 Å². The Morgan fingerprint density at radius 2 is 1.04 bits per heavy atom. The number of thiophene rings is 1. The Labute approximate surface area is 287 Å². The van der Waals surface area contributed by atoms with Gasteiger partial charge in [-0.3, -0.25) is 0 Å². The molecule has 0 fully saturated rings. The average molecular weight is 644 g/mol. The van der Waals surface area contributed by atoms with Crippen LogP contribution in [0.25, 0.3) is 75.1 Å². The van der Waals surface area contributed by atoms with Crippen molar-refractivity contribution in [2.45, 2.75) is 0 Å². The van der Waals surface area contributed by atoms with E-state index in [0.29, 0.717) is 0 Å². The van der Waals surface area contributed by atoms with Gasteiger partial charge in [-0.25, -0.2) is 0 Å². The minimum Gasteiger partial charge on any atom is -0.454 e. The zero-order valence-electron chi connectivity index (χ0n) is 26.5. The maximum Gasteiger partial charge on any atom is 0.159 e. The largest absolute Gasteiger partial charge is 0.454 e. The zero-order valence-corrected chi connectivity index (χ0v) is 27.3. The number of hydrogen-bond acceptors (Lipinski definition) is 3. The van der Waals surface area contributed by atoms with Crippen LogP contribution >= 0.6 is 11.3 Å². The lowest BCUT2D eigenvalue weighted by Crippen LogP contribution is -2.11. The molecule has 0 N–H and O–H groups in total. The highest BCUT2D eigenvalue weighted by Gasteiger charge is 2.22. The van der Waals surface area contributed by atoms with Gasteiger partial charge < -0.3 is 9.32 Å². The molecule has 0 unspecified atom stereocenters. The minimum atomic E-state index is 0.871. The van der Waals surface area contributed by atoms with Crippen molar-refractivity contribution >= 4 is 81.3 Å². The van der Waals surface area contributed by atoms with Crippen LogP contribution in [0.15, 0.2) is 180 Å². The Hall–Kier alpha value is -6.16. The fourth-order valence-electron chi connectivity index (χ4n) is 7.39. The van der Waals surface area contributed by atoms with Crippen molar-refractivity contribution in [3.05, 3.63) is 176 Å². The molecule has 0 spiro atoms. The Morgan fingerprint density at radius 3 is 1.96 bits per heavy atom. The molecule has 0 radical (unpaired) electrons. The summed E-state index contributed by atoms with van der Waals surface area (Å²) in [5.74, 6) is 0. The Bertz CT molecular complexity index is 2840. The summed E-state index contributed by atoms with van der Waals surface area (Å²) in [6.45, 7) is 0. The molecule has 3 heteroatoms. The van der Waals surface area contributed by atoms with Crippen molar-refractivity contribution in [2.75, 3.05) is 4.90 Å². The summed E-state index contributed by atoms with van der Waals surface area (Å²) in [5, 5.41) is 7.31. The van der Waals surface area contributed by atoms with Gasteiger partial charge >= 0.3 is 0 Å². The number of furan rings is 1. The summed E-state index contributed by atoms with van der Waals surface area (Å²) in [5.41, 5.74) is 9.67. The van der Waals surface area contributed by atoms with E-state index in [1.807, 2.05) is 17.4 Å². The molecular formula is C46H29NOS. The second-order valence-electron chi connectivity index (χ2n) is 12.5. The van der Waals surface area contributed by atoms with Gasteiger partial charge in [0.15, 0.2) is 5.58 Å². The minimum absolute atomic E-state index is 0.871. The Kier molecular flexibility index (Phi) is 6.39. The highest BCUT2D eigenvalue weighted by atomic mass is 32.1. The topological polar surface area (TPSA) is 16.4 Å². The highest BCUT2D eigenvalue weighted by molar-refractivity contribution is 7.25. The van der Waals surface area contributed by atoms with Crippen LogP contribution in [0.5, 0.6) is 0 Å². The summed E-state index contributed by atoms with van der Waals surface area (Å²) in [4.78, 5) is 2.36. The molecule has 0 amide bonds. The number of anilines is 3. The number of nitrogens with zero attached hydrogens (tertiary/aromatic N) is 1. The van der Waals surface area contributed by atoms with E-state index < -0.39 is 0 Å². The van der Waals surface area contributed by atoms with E-state index in [1.165, 1.54) is 47.6 Å². The first kappa shape index (κ1) is 27.9. The van der Waals surface area contributed by atoms with Crippen molar-refractivity contribution in [2.24, 2.45) is 0 Å². The summed E-state index contributed by atoms with van der Waals surface area (Å²) in [7, 11) is 0. The summed E-state index contributed by atoms with van der Waals surface area (Å²) in [6, 6.07) is 63.2. The van der Waals surface area contributed by atoms with Crippen molar-refractivity contribution in [3.63, 3.8) is 0 Å². The summed E-state index contributed by atoms with van der Waals surface area (Å²) in [6.07, 6.45) is 0. The van der Waals surface area contributed by atoms with Crippen LogP contribution in [0.2, 0.25) is 0 Å². The van der Waals surface area contributed by atoms with Gasteiger partial charge in [0.1, 0.15) is 5.58 Å². The van der Waals surface area contributed by atoms with E-state index in [1.54, 1.807) is 0 Å². The predicted molar refractivity (Wildman–Crippen MR) is 210 cm³/mol. The lowest BCUT2D eigenvalue weighted by atomic mass is 9.97. The number of rotatable bonds is 5. The third-order valence-electron chi connectivity index (χ3n) is 9.68. The predicted octanol–water partition coefficient (Wildman–Crippen LogP) is 13.9. The lowest BCUT2D eigenvalue weighted by Gasteiger charge is -2.28. The van der Waals surface area contributed by atoms with Gasteiger partial charge in [-0.05, 0) is 76.0 Å². The summed E-state index contributed by atoms with van der Waals surface area (Å²) < 4.78 is 9.26. The Morgan fingerprint density at radius 1 is 0.408 bits per heavy atom. The van der Waals surface area contributed by atoms with E-state index in [9.17, 15) is 0 Å². The van der Waals surface area contributed by atoms with Gasteiger partial charge in [0.25, 0.3) is 0 Å². The van der Waals surface area contributed by atoms with Crippen LogP contribution in [0.3, 0.4) is 0 Å². The lowest BCUT2D eigenvalue weighted by molar-refractivity contribution is 0.669. The van der Waals surface area contributed by atoms with Gasteiger partial charge in [0.05, 0.1) is 11.4 Å². The van der Waals surface area contributed by atoms with E-state index in [0.717, 1.165) is 44.6 Å². The molecule has 2 nitrogen and oxygen atoms in total. The second kappa shape index (κ2) is 11.2. The van der Waals surface area contributed by atoms with Crippen LogP contribution < -0.4 is 4.90 Å². The first-order chi connectivity index (χ1) is 24.3. The van der Waals surface area contributed by atoms with Crippen LogP contribution in [0.1, 0.15) is 0 Å². The van der Waals surface area contributed by atoms with Crippen molar-refractivity contribution in [1.82, 2.24) is 0 Å².